The van der Waals surface area contributed by atoms with Crippen molar-refractivity contribution in [2.45, 2.75) is 91.4 Å². The molecule has 0 N–H and O–H groups in total. The lowest BCUT2D eigenvalue weighted by Crippen LogP contribution is -2.57. The van der Waals surface area contributed by atoms with E-state index in [2.05, 4.69) is 33.9 Å². The Labute approximate surface area is 167 Å². The second-order valence-corrected chi connectivity index (χ2v) is 11.1. The second kappa shape index (κ2) is 6.89. The first-order chi connectivity index (χ1) is 12.8. The predicted molar refractivity (Wildman–Crippen MR) is 113 cm³/mol. The molecule has 1 nitrogen and oxygen atoms in total. The van der Waals surface area contributed by atoms with Gasteiger partial charge in [-0.2, -0.15) is 0 Å². The van der Waals surface area contributed by atoms with Crippen LogP contribution in [0.1, 0.15) is 91.4 Å². The summed E-state index contributed by atoms with van der Waals surface area (Å²) in [7, 11) is 0. The number of hydrogen-bond donors (Lipinski definition) is 0. The molecular formula is C26H40O. The van der Waals surface area contributed by atoms with Crippen LogP contribution in [0.5, 0.6) is 0 Å². The molecule has 150 valence electrons. The molecule has 0 aromatic rings. The zero-order valence-corrected chi connectivity index (χ0v) is 18.0. The van der Waals surface area contributed by atoms with Gasteiger partial charge in [0.2, 0.25) is 0 Å². The van der Waals surface area contributed by atoms with Crippen molar-refractivity contribution in [2.24, 2.45) is 40.4 Å². The quantitative estimate of drug-likeness (QED) is 0.381. The second-order valence-electron chi connectivity index (χ2n) is 11.1. The maximum absolute atomic E-state index is 13.5. The molecule has 0 aliphatic heterocycles. The summed E-state index contributed by atoms with van der Waals surface area (Å²) < 4.78 is 0. The van der Waals surface area contributed by atoms with Crippen molar-refractivity contribution in [1.29, 1.82) is 0 Å². The van der Waals surface area contributed by atoms with Crippen LogP contribution in [-0.2, 0) is 4.79 Å². The van der Waals surface area contributed by atoms with E-state index >= 15 is 0 Å². The van der Waals surface area contributed by atoms with Crippen molar-refractivity contribution in [3.63, 3.8) is 0 Å². The molecule has 0 heterocycles. The zero-order chi connectivity index (χ0) is 19.4. The number of allylic oxidation sites excluding steroid dienone is 2. The molecule has 7 atom stereocenters. The Bertz CT molecular complexity index is 645. The van der Waals surface area contributed by atoms with E-state index in [9.17, 15) is 4.79 Å². The summed E-state index contributed by atoms with van der Waals surface area (Å²) in [5.41, 5.74) is 3.04. The highest BCUT2D eigenvalue weighted by molar-refractivity contribution is 5.99. The average Bonchev–Trinajstić information content (AvgIpc) is 2.95. The maximum Gasteiger partial charge on any atom is 0.162 e. The van der Waals surface area contributed by atoms with Crippen LogP contribution in [0.25, 0.3) is 0 Å². The summed E-state index contributed by atoms with van der Waals surface area (Å²) in [4.78, 5) is 13.5. The van der Waals surface area contributed by atoms with E-state index in [1.54, 1.807) is 0 Å². The minimum absolute atomic E-state index is 0.279. The fraction of sp³-hybridized carbons (Fsp3) is 0.808. The van der Waals surface area contributed by atoms with E-state index in [0.29, 0.717) is 34.4 Å². The first kappa shape index (κ1) is 19.5. The third kappa shape index (κ3) is 2.90. The lowest BCUT2D eigenvalue weighted by molar-refractivity contribution is -0.145. The Kier molecular flexibility index (Phi) is 4.97. The van der Waals surface area contributed by atoms with Crippen LogP contribution < -0.4 is 0 Å². The number of carbonyl (C=O) groups is 1. The number of fused-ring (bicyclic) bond motifs is 5. The lowest BCUT2D eigenvalue weighted by atomic mass is 9.43. The van der Waals surface area contributed by atoms with E-state index in [1.165, 1.54) is 76.2 Å². The van der Waals surface area contributed by atoms with Crippen molar-refractivity contribution in [3.05, 3.63) is 24.3 Å². The van der Waals surface area contributed by atoms with Gasteiger partial charge in [0.05, 0.1) is 0 Å². The van der Waals surface area contributed by atoms with Gasteiger partial charge in [-0.05, 0) is 105 Å². The Morgan fingerprint density at radius 1 is 1.04 bits per heavy atom. The number of Topliss-reactive ketones (excluding diaryl/α,β-unsaturated/α-hetero) is 1. The molecule has 4 aliphatic carbocycles. The van der Waals surface area contributed by atoms with Gasteiger partial charge in [-0.1, -0.05) is 38.8 Å². The minimum Gasteiger partial charge on any atom is -0.294 e. The highest BCUT2D eigenvalue weighted by atomic mass is 16.1. The van der Waals surface area contributed by atoms with E-state index in [0.717, 1.165) is 11.5 Å². The fourth-order valence-electron chi connectivity index (χ4n) is 8.24. The number of carbonyl (C=O) groups excluding carboxylic acids is 1. The number of hydrogen-bond acceptors (Lipinski definition) is 1. The van der Waals surface area contributed by atoms with Gasteiger partial charge in [0, 0.05) is 5.92 Å². The van der Waals surface area contributed by atoms with Gasteiger partial charge in [-0.3, -0.25) is 4.79 Å². The van der Waals surface area contributed by atoms with Crippen molar-refractivity contribution in [2.75, 3.05) is 0 Å². The van der Waals surface area contributed by atoms with Crippen molar-refractivity contribution >= 4 is 5.78 Å². The van der Waals surface area contributed by atoms with Crippen LogP contribution in [0.2, 0.25) is 0 Å². The van der Waals surface area contributed by atoms with Crippen LogP contribution in [0.4, 0.5) is 0 Å². The Balaban J connectivity index is 1.59. The SMILES string of the molecule is C=C(C)CCCC1CCC2C3C(=O)C(=C)C4CCCCC4(C)C3CCC12C. The van der Waals surface area contributed by atoms with E-state index < -0.39 is 0 Å². The van der Waals surface area contributed by atoms with Gasteiger partial charge in [0.25, 0.3) is 0 Å². The standard InChI is InChI=1S/C26H40O/c1-17(2)9-8-10-19-12-13-21-23-22(14-16-25(19,21)4)26(5)15-7-6-11-20(26)18(3)24(23)27/h19-23H,1,3,6-16H2,2,4-5H3. The number of ketones is 1. The molecular weight excluding hydrogens is 328 g/mol. The molecule has 4 rings (SSSR count). The van der Waals surface area contributed by atoms with E-state index in [1.807, 2.05) is 0 Å². The summed E-state index contributed by atoms with van der Waals surface area (Å²) in [6, 6.07) is 0. The molecule has 0 spiro atoms. The van der Waals surface area contributed by atoms with Crippen LogP contribution in [-0.4, -0.2) is 5.78 Å². The normalized spacial score (nSPS) is 46.6. The van der Waals surface area contributed by atoms with Gasteiger partial charge < -0.3 is 0 Å². The average molecular weight is 369 g/mol. The third-order valence-corrected chi connectivity index (χ3v) is 9.76. The molecule has 0 radical (unpaired) electrons. The summed E-state index contributed by atoms with van der Waals surface area (Å²) in [5.74, 6) is 3.26. The minimum atomic E-state index is 0.279. The maximum atomic E-state index is 13.5. The van der Waals surface area contributed by atoms with E-state index in [4.69, 9.17) is 0 Å². The molecule has 0 aromatic heterocycles. The summed E-state index contributed by atoms with van der Waals surface area (Å²) in [6.07, 6.45) is 14.2. The topological polar surface area (TPSA) is 17.1 Å². The van der Waals surface area contributed by atoms with Gasteiger partial charge in [-0.15, -0.1) is 6.58 Å². The molecule has 0 saturated heterocycles. The highest BCUT2D eigenvalue weighted by Crippen LogP contribution is 2.67. The molecule has 0 bridgehead atoms. The van der Waals surface area contributed by atoms with Crippen LogP contribution >= 0.6 is 0 Å². The summed E-state index contributed by atoms with van der Waals surface area (Å²) in [5, 5.41) is 0. The van der Waals surface area contributed by atoms with Gasteiger partial charge in [0.15, 0.2) is 5.78 Å². The van der Waals surface area contributed by atoms with Crippen LogP contribution in [0.3, 0.4) is 0 Å². The molecule has 7 unspecified atom stereocenters. The van der Waals surface area contributed by atoms with Crippen LogP contribution in [0, 0.1) is 40.4 Å². The Hall–Kier alpha value is -0.850. The van der Waals surface area contributed by atoms with Crippen molar-refractivity contribution in [1.82, 2.24) is 0 Å². The van der Waals surface area contributed by atoms with Crippen molar-refractivity contribution in [3.8, 4) is 0 Å². The monoisotopic (exact) mass is 368 g/mol. The molecule has 4 saturated carbocycles. The highest BCUT2D eigenvalue weighted by Gasteiger charge is 2.62. The Morgan fingerprint density at radius 2 is 1.78 bits per heavy atom. The van der Waals surface area contributed by atoms with Gasteiger partial charge in [-0.25, -0.2) is 0 Å². The lowest BCUT2D eigenvalue weighted by Gasteiger charge is -2.60. The smallest absolute Gasteiger partial charge is 0.162 e. The third-order valence-electron chi connectivity index (χ3n) is 9.76. The molecule has 0 amide bonds. The number of rotatable bonds is 4. The molecule has 1 heteroatoms. The Morgan fingerprint density at radius 3 is 2.52 bits per heavy atom. The molecule has 4 aliphatic rings. The first-order valence-corrected chi connectivity index (χ1v) is 11.7. The van der Waals surface area contributed by atoms with Gasteiger partial charge >= 0.3 is 0 Å². The van der Waals surface area contributed by atoms with E-state index in [-0.39, 0.29) is 5.92 Å². The molecule has 4 fully saturated rings. The summed E-state index contributed by atoms with van der Waals surface area (Å²) in [6.45, 7) is 15.7. The largest absolute Gasteiger partial charge is 0.294 e. The summed E-state index contributed by atoms with van der Waals surface area (Å²) >= 11 is 0. The van der Waals surface area contributed by atoms with Gasteiger partial charge in [0.1, 0.15) is 0 Å². The molecule has 0 aromatic carbocycles. The predicted octanol–water partition coefficient (Wildman–Crippen LogP) is 7.13. The first-order valence-electron chi connectivity index (χ1n) is 11.7. The molecule has 27 heavy (non-hydrogen) atoms. The zero-order valence-electron chi connectivity index (χ0n) is 18.0. The van der Waals surface area contributed by atoms with Crippen molar-refractivity contribution < 1.29 is 4.79 Å². The van der Waals surface area contributed by atoms with Crippen LogP contribution in [0.15, 0.2) is 24.3 Å². The fourth-order valence-corrected chi connectivity index (χ4v) is 8.24.